The fourth-order valence-electron chi connectivity index (χ4n) is 2.29. The molecule has 0 aliphatic carbocycles. The van der Waals surface area contributed by atoms with Crippen molar-refractivity contribution in [2.24, 2.45) is 16.6 Å². The van der Waals surface area contributed by atoms with E-state index in [0.717, 1.165) is 63.9 Å². The molecule has 2 aliphatic heterocycles. The normalized spacial score (nSPS) is 22.9. The zero-order valence-electron chi connectivity index (χ0n) is 11.7. The van der Waals surface area contributed by atoms with Crippen molar-refractivity contribution in [1.82, 2.24) is 15.5 Å². The van der Waals surface area contributed by atoms with E-state index in [-0.39, 0.29) is 0 Å². The molecular weight excluding hydrogens is 242 g/mol. The molecule has 0 radical (unpaired) electrons. The molecule has 0 aromatic carbocycles. The van der Waals surface area contributed by atoms with Crippen LogP contribution in [0.1, 0.15) is 6.42 Å². The van der Waals surface area contributed by atoms with Gasteiger partial charge in [0.1, 0.15) is 5.84 Å². The van der Waals surface area contributed by atoms with Crippen LogP contribution in [0.5, 0.6) is 0 Å². The third-order valence-corrected chi connectivity index (χ3v) is 3.52. The molecule has 0 unspecified atom stereocenters. The number of hydrogen-bond acceptors (Lipinski definition) is 5. The van der Waals surface area contributed by atoms with E-state index in [1.807, 2.05) is 7.05 Å². The van der Waals surface area contributed by atoms with Gasteiger partial charge in [0.15, 0.2) is 0 Å². The average molecular weight is 267 g/mol. The maximum Gasteiger partial charge on any atom is 0.148 e. The summed E-state index contributed by atoms with van der Waals surface area (Å²) in [5.41, 5.74) is 6.62. The van der Waals surface area contributed by atoms with Gasteiger partial charge < -0.3 is 26.0 Å². The summed E-state index contributed by atoms with van der Waals surface area (Å²) in [5.74, 6) is 1.55. The largest absolute Gasteiger partial charge is 0.403 e. The molecule has 19 heavy (non-hydrogen) atoms. The fraction of sp³-hybridized carbons (Fsp3) is 0.769. The minimum Gasteiger partial charge on any atom is -0.403 e. The summed E-state index contributed by atoms with van der Waals surface area (Å²) in [6.07, 6.45) is 2.74. The molecule has 4 N–H and O–H groups in total. The molecule has 0 saturated carbocycles. The van der Waals surface area contributed by atoms with E-state index in [4.69, 9.17) is 15.5 Å². The van der Waals surface area contributed by atoms with Crippen molar-refractivity contribution in [3.8, 4) is 0 Å². The first-order valence-corrected chi connectivity index (χ1v) is 7.03. The van der Waals surface area contributed by atoms with Crippen molar-refractivity contribution >= 4 is 5.84 Å². The number of ether oxygens (including phenoxy) is 1. The highest BCUT2D eigenvalue weighted by atomic mass is 16.5. The molecule has 2 aliphatic rings. The van der Waals surface area contributed by atoms with E-state index in [1.54, 1.807) is 6.20 Å². The zero-order chi connectivity index (χ0) is 13.5. The van der Waals surface area contributed by atoms with Crippen LogP contribution in [0.3, 0.4) is 0 Å². The summed E-state index contributed by atoms with van der Waals surface area (Å²) < 4.78 is 5.20. The Morgan fingerprint density at radius 1 is 1.47 bits per heavy atom. The Morgan fingerprint density at radius 2 is 2.32 bits per heavy atom. The Balaban J connectivity index is 2.06. The summed E-state index contributed by atoms with van der Waals surface area (Å²) in [4.78, 5) is 7.09. The molecule has 2 heterocycles. The standard InChI is InChI=1S/C13H25N5O/c1-15-12(7-14)13(17-8-11-9-19-10-11)18-5-2-3-16-4-6-18/h7,11,15-16H,2-6,8-10,14H2,1H3/b12-7+,17-13?. The highest BCUT2D eigenvalue weighted by molar-refractivity contribution is 5.97. The Morgan fingerprint density at radius 3 is 2.95 bits per heavy atom. The van der Waals surface area contributed by atoms with Gasteiger partial charge in [-0.1, -0.05) is 0 Å². The van der Waals surface area contributed by atoms with Crippen molar-refractivity contribution in [2.45, 2.75) is 6.42 Å². The number of amidine groups is 1. The molecule has 2 rings (SSSR count). The number of hydrogen-bond donors (Lipinski definition) is 3. The van der Waals surface area contributed by atoms with Crippen molar-refractivity contribution in [3.63, 3.8) is 0 Å². The molecule has 0 aromatic rings. The summed E-state index contributed by atoms with van der Waals surface area (Å²) in [7, 11) is 1.89. The van der Waals surface area contributed by atoms with Crippen LogP contribution < -0.4 is 16.4 Å². The second-order valence-electron chi connectivity index (χ2n) is 4.99. The predicted octanol–water partition coefficient (Wildman–Crippen LogP) is -0.654. The van der Waals surface area contributed by atoms with Crippen molar-refractivity contribution in [3.05, 3.63) is 11.9 Å². The molecule has 0 aromatic heterocycles. The van der Waals surface area contributed by atoms with Crippen LogP contribution in [0.15, 0.2) is 16.9 Å². The van der Waals surface area contributed by atoms with Crippen molar-refractivity contribution in [2.75, 3.05) is 53.0 Å². The number of nitrogens with two attached hydrogens (primary N) is 1. The van der Waals surface area contributed by atoms with Gasteiger partial charge in [-0.2, -0.15) is 0 Å². The number of aliphatic imine (C=N–C) groups is 1. The molecule has 6 heteroatoms. The lowest BCUT2D eigenvalue weighted by Gasteiger charge is -2.28. The number of rotatable bonds is 4. The van der Waals surface area contributed by atoms with Gasteiger partial charge in [-0.05, 0) is 13.0 Å². The summed E-state index contributed by atoms with van der Waals surface area (Å²) in [6.45, 7) is 6.54. The SMILES string of the molecule is CN/C(=C/N)C(=NCC1COC1)N1CCCNCC1. The molecule has 6 nitrogen and oxygen atoms in total. The van der Waals surface area contributed by atoms with Gasteiger partial charge in [0.05, 0.1) is 18.9 Å². The lowest BCUT2D eigenvalue weighted by molar-refractivity contribution is -0.0266. The van der Waals surface area contributed by atoms with Gasteiger partial charge in [-0.3, -0.25) is 4.99 Å². The van der Waals surface area contributed by atoms with Crippen LogP contribution >= 0.6 is 0 Å². The summed E-state index contributed by atoms with van der Waals surface area (Å²) >= 11 is 0. The molecule has 2 saturated heterocycles. The fourth-order valence-corrected chi connectivity index (χ4v) is 2.29. The topological polar surface area (TPSA) is 74.9 Å². The van der Waals surface area contributed by atoms with Crippen molar-refractivity contribution in [1.29, 1.82) is 0 Å². The number of likely N-dealkylation sites (N-methyl/N-ethyl adjacent to an activating group) is 1. The first kappa shape index (κ1) is 14.1. The first-order chi connectivity index (χ1) is 9.35. The van der Waals surface area contributed by atoms with Crippen molar-refractivity contribution < 1.29 is 4.74 Å². The van der Waals surface area contributed by atoms with Gasteiger partial charge in [0.25, 0.3) is 0 Å². The van der Waals surface area contributed by atoms with Crippen LogP contribution in [0.25, 0.3) is 0 Å². The average Bonchev–Trinajstić information content (AvgIpc) is 2.65. The molecule has 0 bridgehead atoms. The third kappa shape index (κ3) is 3.84. The number of nitrogens with one attached hydrogen (secondary N) is 2. The Bertz CT molecular complexity index is 330. The third-order valence-electron chi connectivity index (χ3n) is 3.52. The predicted molar refractivity (Wildman–Crippen MR) is 77.0 cm³/mol. The maximum absolute atomic E-state index is 5.71. The Kier molecular flexibility index (Phi) is 5.47. The van der Waals surface area contributed by atoms with Gasteiger partial charge >= 0.3 is 0 Å². The molecule has 2 fully saturated rings. The minimum absolute atomic E-state index is 0.566. The second-order valence-corrected chi connectivity index (χ2v) is 4.99. The highest BCUT2D eigenvalue weighted by Gasteiger charge is 2.21. The molecule has 108 valence electrons. The summed E-state index contributed by atoms with van der Waals surface area (Å²) in [6, 6.07) is 0. The quantitative estimate of drug-likeness (QED) is 0.466. The van der Waals surface area contributed by atoms with Crippen LogP contribution in [-0.4, -0.2) is 63.7 Å². The summed E-state index contributed by atoms with van der Waals surface area (Å²) in [5, 5.41) is 6.55. The van der Waals surface area contributed by atoms with Crippen LogP contribution in [0.2, 0.25) is 0 Å². The van der Waals surface area contributed by atoms with Gasteiger partial charge in [-0.15, -0.1) is 0 Å². The lowest BCUT2D eigenvalue weighted by atomic mass is 10.1. The monoisotopic (exact) mass is 267 g/mol. The smallest absolute Gasteiger partial charge is 0.148 e. The Hall–Kier alpha value is -1.27. The lowest BCUT2D eigenvalue weighted by Crippen LogP contribution is -2.39. The number of nitrogens with zero attached hydrogens (tertiary/aromatic N) is 2. The van der Waals surface area contributed by atoms with E-state index < -0.39 is 0 Å². The van der Waals surface area contributed by atoms with Crippen LogP contribution in [0.4, 0.5) is 0 Å². The van der Waals surface area contributed by atoms with E-state index in [1.165, 1.54) is 0 Å². The molecule has 0 amide bonds. The zero-order valence-corrected chi connectivity index (χ0v) is 11.7. The second kappa shape index (κ2) is 7.35. The van der Waals surface area contributed by atoms with E-state index in [0.29, 0.717) is 5.92 Å². The maximum atomic E-state index is 5.71. The molecular formula is C13H25N5O. The highest BCUT2D eigenvalue weighted by Crippen LogP contribution is 2.12. The first-order valence-electron chi connectivity index (χ1n) is 7.03. The van der Waals surface area contributed by atoms with E-state index in [9.17, 15) is 0 Å². The van der Waals surface area contributed by atoms with Crippen LogP contribution in [0, 0.1) is 5.92 Å². The Labute approximate surface area is 115 Å². The minimum atomic E-state index is 0.566. The van der Waals surface area contributed by atoms with Gasteiger partial charge in [-0.25, -0.2) is 0 Å². The van der Waals surface area contributed by atoms with Crippen LogP contribution in [-0.2, 0) is 4.74 Å². The molecule has 0 spiro atoms. The van der Waals surface area contributed by atoms with E-state index >= 15 is 0 Å². The molecule has 0 atom stereocenters. The van der Waals surface area contributed by atoms with Gasteiger partial charge in [0.2, 0.25) is 0 Å². The van der Waals surface area contributed by atoms with E-state index in [2.05, 4.69) is 15.5 Å². The van der Waals surface area contributed by atoms with Gasteiger partial charge in [0, 0.05) is 45.3 Å².